The average molecular weight is 211 g/mol. The van der Waals surface area contributed by atoms with E-state index in [1.165, 1.54) is 12.1 Å². The van der Waals surface area contributed by atoms with Crippen molar-refractivity contribution in [3.8, 4) is 0 Å². The van der Waals surface area contributed by atoms with Gasteiger partial charge >= 0.3 is 5.97 Å². The average Bonchev–Trinajstić information content (AvgIpc) is 1.94. The quantitative estimate of drug-likeness (QED) is 0.774. The summed E-state index contributed by atoms with van der Waals surface area (Å²) in [7, 11) is 0. The second-order valence-corrected chi connectivity index (χ2v) is 2.28. The molecule has 1 N–H and O–H groups in total. The standard InChI is InChI=1S/C7H4ClFO2.ClH/c8-6-4(7(10)11)2-1-3-5(6)9;/h1-3H,(H,10,11);1H. The second kappa shape index (κ2) is 4.28. The van der Waals surface area contributed by atoms with Crippen molar-refractivity contribution in [3.63, 3.8) is 0 Å². The molecular formula is C7H5Cl2FO2. The molecule has 2 nitrogen and oxygen atoms in total. The van der Waals surface area contributed by atoms with Crippen LogP contribution in [-0.4, -0.2) is 11.1 Å². The van der Waals surface area contributed by atoms with Crippen LogP contribution in [0.25, 0.3) is 0 Å². The van der Waals surface area contributed by atoms with Crippen LogP contribution in [0.5, 0.6) is 0 Å². The van der Waals surface area contributed by atoms with E-state index in [-0.39, 0.29) is 23.0 Å². The predicted molar refractivity (Wildman–Crippen MR) is 45.6 cm³/mol. The summed E-state index contributed by atoms with van der Waals surface area (Å²) in [4.78, 5) is 10.3. The fourth-order valence-electron chi connectivity index (χ4n) is 0.669. The van der Waals surface area contributed by atoms with Gasteiger partial charge < -0.3 is 5.11 Å². The van der Waals surface area contributed by atoms with Gasteiger partial charge in [-0.25, -0.2) is 9.18 Å². The smallest absolute Gasteiger partial charge is 0.337 e. The van der Waals surface area contributed by atoms with Crippen molar-refractivity contribution in [2.24, 2.45) is 0 Å². The summed E-state index contributed by atoms with van der Waals surface area (Å²) in [5, 5.41) is 8.09. The molecule has 1 rings (SSSR count). The summed E-state index contributed by atoms with van der Waals surface area (Å²) in [6, 6.07) is 3.65. The number of carboxylic acids is 1. The Balaban J connectivity index is 0.00000121. The third-order valence-corrected chi connectivity index (χ3v) is 1.57. The Labute approximate surface area is 79.4 Å². The minimum atomic E-state index is -1.23. The maximum absolute atomic E-state index is 12.5. The molecule has 12 heavy (non-hydrogen) atoms. The zero-order valence-electron chi connectivity index (χ0n) is 5.75. The number of hydrogen-bond donors (Lipinski definition) is 1. The monoisotopic (exact) mass is 210 g/mol. The van der Waals surface area contributed by atoms with Gasteiger partial charge in [-0.1, -0.05) is 17.7 Å². The van der Waals surface area contributed by atoms with Crippen LogP contribution in [0.3, 0.4) is 0 Å². The van der Waals surface area contributed by atoms with Crippen LogP contribution in [0, 0.1) is 5.82 Å². The van der Waals surface area contributed by atoms with Gasteiger partial charge in [-0.05, 0) is 12.1 Å². The Kier molecular flexibility index (Phi) is 4.00. The lowest BCUT2D eigenvalue weighted by Gasteiger charge is -1.97. The fourth-order valence-corrected chi connectivity index (χ4v) is 0.876. The van der Waals surface area contributed by atoms with Crippen molar-refractivity contribution in [2.45, 2.75) is 0 Å². The Bertz CT molecular complexity index is 301. The highest BCUT2D eigenvalue weighted by atomic mass is 35.5. The lowest BCUT2D eigenvalue weighted by atomic mass is 10.2. The van der Waals surface area contributed by atoms with Crippen LogP contribution in [0.4, 0.5) is 4.39 Å². The first-order valence-electron chi connectivity index (χ1n) is 2.80. The van der Waals surface area contributed by atoms with E-state index >= 15 is 0 Å². The highest BCUT2D eigenvalue weighted by Gasteiger charge is 2.10. The van der Waals surface area contributed by atoms with Crippen molar-refractivity contribution in [1.82, 2.24) is 0 Å². The van der Waals surface area contributed by atoms with Gasteiger partial charge in [0.05, 0.1) is 10.6 Å². The Morgan fingerprint density at radius 1 is 1.50 bits per heavy atom. The zero-order valence-corrected chi connectivity index (χ0v) is 7.32. The molecule has 5 heteroatoms. The van der Waals surface area contributed by atoms with Crippen molar-refractivity contribution < 1.29 is 14.3 Å². The molecule has 66 valence electrons. The van der Waals surface area contributed by atoms with Gasteiger partial charge in [0.15, 0.2) is 0 Å². The molecule has 1 aromatic rings. The molecule has 0 radical (unpaired) electrons. The zero-order chi connectivity index (χ0) is 8.43. The molecule has 0 heterocycles. The summed E-state index contributed by atoms with van der Waals surface area (Å²) in [6.45, 7) is 0. The minimum Gasteiger partial charge on any atom is -0.478 e. The largest absolute Gasteiger partial charge is 0.478 e. The molecule has 0 saturated heterocycles. The Morgan fingerprint density at radius 3 is 2.50 bits per heavy atom. The maximum Gasteiger partial charge on any atom is 0.337 e. The number of aromatic carboxylic acids is 1. The summed E-state index contributed by atoms with van der Waals surface area (Å²) >= 11 is 5.33. The number of rotatable bonds is 1. The van der Waals surface area contributed by atoms with Crippen LogP contribution in [0.1, 0.15) is 10.4 Å². The highest BCUT2D eigenvalue weighted by molar-refractivity contribution is 6.33. The molecule has 0 aliphatic rings. The number of hydrogen-bond acceptors (Lipinski definition) is 1. The van der Waals surface area contributed by atoms with Crippen LogP contribution < -0.4 is 0 Å². The molecule has 0 aliphatic carbocycles. The van der Waals surface area contributed by atoms with E-state index in [4.69, 9.17) is 16.7 Å². The molecule has 1 aromatic carbocycles. The molecule has 0 unspecified atom stereocenters. The van der Waals surface area contributed by atoms with Crippen LogP contribution in [0.15, 0.2) is 18.2 Å². The summed E-state index contributed by atoms with van der Waals surface area (Å²) in [5.74, 6) is -1.94. The number of carboxylic acid groups (broad SMARTS) is 1. The molecule has 0 fully saturated rings. The molecule has 0 spiro atoms. The van der Waals surface area contributed by atoms with E-state index in [1.807, 2.05) is 0 Å². The molecule has 0 aliphatic heterocycles. The summed E-state index contributed by atoms with van der Waals surface area (Å²) in [5.41, 5.74) is -0.216. The normalized spacial score (nSPS) is 8.83. The van der Waals surface area contributed by atoms with Gasteiger partial charge in [0, 0.05) is 0 Å². The van der Waals surface area contributed by atoms with Crippen LogP contribution in [-0.2, 0) is 0 Å². The highest BCUT2D eigenvalue weighted by Crippen LogP contribution is 2.18. The van der Waals surface area contributed by atoms with E-state index in [0.717, 1.165) is 6.07 Å². The molecular weight excluding hydrogens is 206 g/mol. The van der Waals surface area contributed by atoms with Crippen molar-refractivity contribution in [1.29, 1.82) is 0 Å². The number of halogens is 3. The van der Waals surface area contributed by atoms with Gasteiger partial charge in [-0.2, -0.15) is 0 Å². The molecule has 0 bridgehead atoms. The lowest BCUT2D eigenvalue weighted by Crippen LogP contribution is -1.98. The summed E-state index contributed by atoms with van der Waals surface area (Å²) < 4.78 is 12.5. The van der Waals surface area contributed by atoms with Crippen LogP contribution in [0.2, 0.25) is 5.02 Å². The van der Waals surface area contributed by atoms with E-state index in [0.29, 0.717) is 0 Å². The molecule has 0 aromatic heterocycles. The topological polar surface area (TPSA) is 37.3 Å². The third kappa shape index (κ3) is 2.09. The van der Waals surface area contributed by atoms with E-state index in [9.17, 15) is 9.18 Å². The Hall–Kier alpha value is -0.800. The summed E-state index contributed by atoms with van der Waals surface area (Å²) in [6.07, 6.45) is 0. The second-order valence-electron chi connectivity index (χ2n) is 1.91. The van der Waals surface area contributed by atoms with Crippen molar-refractivity contribution in [2.75, 3.05) is 0 Å². The predicted octanol–water partition coefficient (Wildman–Crippen LogP) is 2.60. The molecule has 0 atom stereocenters. The van der Waals surface area contributed by atoms with Gasteiger partial charge in [0.25, 0.3) is 0 Å². The van der Waals surface area contributed by atoms with E-state index in [1.54, 1.807) is 0 Å². The maximum atomic E-state index is 12.5. The van der Waals surface area contributed by atoms with Crippen molar-refractivity contribution in [3.05, 3.63) is 34.6 Å². The SMILES string of the molecule is Cl.O=C(O)c1cccc(F)c1Cl. The first-order valence-corrected chi connectivity index (χ1v) is 3.18. The van der Waals surface area contributed by atoms with Crippen molar-refractivity contribution >= 4 is 30.0 Å². The van der Waals surface area contributed by atoms with Crippen LogP contribution >= 0.6 is 24.0 Å². The third-order valence-electron chi connectivity index (χ3n) is 1.18. The first kappa shape index (κ1) is 11.2. The van der Waals surface area contributed by atoms with E-state index in [2.05, 4.69) is 0 Å². The first-order chi connectivity index (χ1) is 5.13. The van der Waals surface area contributed by atoms with E-state index < -0.39 is 11.8 Å². The minimum absolute atomic E-state index is 0. The molecule has 0 saturated carbocycles. The number of benzene rings is 1. The molecule has 0 amide bonds. The fraction of sp³-hybridized carbons (Fsp3) is 0. The van der Waals surface area contributed by atoms with Gasteiger partial charge in [0.2, 0.25) is 0 Å². The van der Waals surface area contributed by atoms with Gasteiger partial charge in [-0.15, -0.1) is 12.4 Å². The number of carbonyl (C=O) groups is 1. The lowest BCUT2D eigenvalue weighted by molar-refractivity contribution is 0.0696. The Morgan fingerprint density at radius 2 is 2.08 bits per heavy atom. The van der Waals surface area contributed by atoms with Gasteiger partial charge in [-0.3, -0.25) is 0 Å². The van der Waals surface area contributed by atoms with Gasteiger partial charge in [0.1, 0.15) is 5.82 Å².